The van der Waals surface area contributed by atoms with E-state index in [2.05, 4.69) is 5.32 Å². The molecule has 5 heteroatoms. The number of aliphatic carboxylic acids is 1. The Bertz CT molecular complexity index is 342. The number of rotatable bonds is 6. The minimum Gasteiger partial charge on any atom is -0.480 e. The number of anilines is 1. The van der Waals surface area contributed by atoms with Crippen LogP contribution < -0.4 is 5.32 Å². The lowest BCUT2D eigenvalue weighted by atomic mass is 10.2. The minimum atomic E-state index is -0.890. The fraction of sp³-hybridized carbons (Fsp3) is 0.364. The van der Waals surface area contributed by atoms with Crippen LogP contribution in [0.2, 0.25) is 0 Å². The summed E-state index contributed by atoms with van der Waals surface area (Å²) in [6.07, 6.45) is 2.46. The second kappa shape index (κ2) is 6.37. The van der Waals surface area contributed by atoms with Crippen LogP contribution in [0.4, 0.5) is 10.1 Å². The molecule has 0 fully saturated rings. The summed E-state index contributed by atoms with van der Waals surface area (Å²) in [6.45, 7) is 0. The van der Waals surface area contributed by atoms with E-state index in [-0.39, 0.29) is 5.82 Å². The second-order valence-electron chi connectivity index (χ2n) is 3.32. The van der Waals surface area contributed by atoms with Gasteiger partial charge in [-0.3, -0.25) is 0 Å². The molecule has 0 aliphatic carbocycles. The Kier molecular flexibility index (Phi) is 5.11. The van der Waals surface area contributed by atoms with Crippen LogP contribution in [0.1, 0.15) is 6.42 Å². The van der Waals surface area contributed by atoms with Crippen LogP contribution in [0, 0.1) is 5.82 Å². The Hall–Kier alpha value is -1.23. The van der Waals surface area contributed by atoms with Crippen LogP contribution >= 0.6 is 11.8 Å². The van der Waals surface area contributed by atoms with Crippen LogP contribution in [-0.4, -0.2) is 29.1 Å². The van der Waals surface area contributed by atoms with Crippen molar-refractivity contribution in [3.63, 3.8) is 0 Å². The SMILES string of the molecule is CSCC[C@H](Nc1ccc(F)cc1)C(=O)O. The number of carboxylic acid groups (broad SMARTS) is 1. The van der Waals surface area contributed by atoms with E-state index in [1.807, 2.05) is 6.26 Å². The molecule has 1 rings (SSSR count). The number of hydrogen-bond donors (Lipinski definition) is 2. The summed E-state index contributed by atoms with van der Waals surface area (Å²) in [5.74, 6) is -0.453. The quantitative estimate of drug-likeness (QED) is 0.805. The maximum atomic E-state index is 12.6. The van der Waals surface area contributed by atoms with E-state index in [0.29, 0.717) is 12.1 Å². The lowest BCUT2D eigenvalue weighted by Gasteiger charge is -2.15. The van der Waals surface area contributed by atoms with Gasteiger partial charge in [-0.25, -0.2) is 9.18 Å². The average Bonchev–Trinajstić information content (AvgIpc) is 2.26. The monoisotopic (exact) mass is 243 g/mol. The van der Waals surface area contributed by atoms with E-state index in [1.54, 1.807) is 11.8 Å². The molecular formula is C11H14FNO2S. The molecule has 0 bridgehead atoms. The van der Waals surface area contributed by atoms with E-state index in [4.69, 9.17) is 5.11 Å². The van der Waals surface area contributed by atoms with Gasteiger partial charge in [-0.15, -0.1) is 0 Å². The third-order valence-electron chi connectivity index (χ3n) is 2.09. The summed E-state index contributed by atoms with van der Waals surface area (Å²) in [5.41, 5.74) is 0.620. The topological polar surface area (TPSA) is 49.3 Å². The molecule has 0 saturated carbocycles. The van der Waals surface area contributed by atoms with Gasteiger partial charge in [-0.2, -0.15) is 11.8 Å². The van der Waals surface area contributed by atoms with Crippen LogP contribution in [0.25, 0.3) is 0 Å². The van der Waals surface area contributed by atoms with Gasteiger partial charge in [0.1, 0.15) is 11.9 Å². The molecule has 0 spiro atoms. The van der Waals surface area contributed by atoms with Gasteiger partial charge < -0.3 is 10.4 Å². The lowest BCUT2D eigenvalue weighted by Crippen LogP contribution is -2.29. The molecular weight excluding hydrogens is 229 g/mol. The van der Waals surface area contributed by atoms with Crippen molar-refractivity contribution in [2.75, 3.05) is 17.3 Å². The zero-order valence-corrected chi connectivity index (χ0v) is 9.76. The van der Waals surface area contributed by atoms with E-state index in [1.165, 1.54) is 24.3 Å². The molecule has 0 unspecified atom stereocenters. The predicted octanol–water partition coefficient (Wildman–Crippen LogP) is 2.44. The summed E-state index contributed by atoms with van der Waals surface area (Å²) in [4.78, 5) is 10.9. The fourth-order valence-electron chi connectivity index (χ4n) is 1.24. The van der Waals surface area contributed by atoms with Crippen molar-refractivity contribution in [2.45, 2.75) is 12.5 Å². The number of hydrogen-bond acceptors (Lipinski definition) is 3. The number of benzene rings is 1. The predicted molar refractivity (Wildman–Crippen MR) is 64.4 cm³/mol. The summed E-state index contributed by atoms with van der Waals surface area (Å²) in [7, 11) is 0. The maximum absolute atomic E-state index is 12.6. The molecule has 0 radical (unpaired) electrons. The molecule has 2 N–H and O–H groups in total. The van der Waals surface area contributed by atoms with E-state index in [9.17, 15) is 9.18 Å². The third-order valence-corrected chi connectivity index (χ3v) is 2.74. The molecule has 16 heavy (non-hydrogen) atoms. The maximum Gasteiger partial charge on any atom is 0.326 e. The molecule has 1 aromatic rings. The number of carbonyl (C=O) groups is 1. The van der Waals surface area contributed by atoms with Crippen molar-refractivity contribution in [3.05, 3.63) is 30.1 Å². The molecule has 0 heterocycles. The number of nitrogens with one attached hydrogen (secondary N) is 1. The zero-order valence-electron chi connectivity index (χ0n) is 8.94. The lowest BCUT2D eigenvalue weighted by molar-refractivity contribution is -0.137. The smallest absolute Gasteiger partial charge is 0.326 e. The Labute approximate surface area is 98.1 Å². The van der Waals surface area contributed by atoms with E-state index < -0.39 is 12.0 Å². The van der Waals surface area contributed by atoms with Crippen LogP contribution in [0.3, 0.4) is 0 Å². The summed E-state index contributed by atoms with van der Waals surface area (Å²) < 4.78 is 12.6. The first-order chi connectivity index (χ1) is 7.63. The molecule has 88 valence electrons. The second-order valence-corrected chi connectivity index (χ2v) is 4.31. The summed E-state index contributed by atoms with van der Waals surface area (Å²) >= 11 is 1.60. The number of thioether (sulfide) groups is 1. The summed E-state index contributed by atoms with van der Waals surface area (Å²) in [5, 5.41) is 11.8. The molecule has 0 saturated heterocycles. The first-order valence-electron chi connectivity index (χ1n) is 4.87. The minimum absolute atomic E-state index is 0.332. The molecule has 0 aliphatic heterocycles. The largest absolute Gasteiger partial charge is 0.480 e. The molecule has 1 atom stereocenters. The number of carboxylic acids is 1. The van der Waals surface area contributed by atoms with Gasteiger partial charge in [0.15, 0.2) is 0 Å². The van der Waals surface area contributed by atoms with E-state index in [0.717, 1.165) is 5.75 Å². The van der Waals surface area contributed by atoms with Crippen molar-refractivity contribution in [3.8, 4) is 0 Å². The van der Waals surface area contributed by atoms with Crippen molar-refractivity contribution in [2.24, 2.45) is 0 Å². The first kappa shape index (κ1) is 12.8. The Morgan fingerprint density at radius 3 is 2.62 bits per heavy atom. The Morgan fingerprint density at radius 1 is 1.50 bits per heavy atom. The zero-order chi connectivity index (χ0) is 12.0. The van der Waals surface area contributed by atoms with Crippen LogP contribution in [0.15, 0.2) is 24.3 Å². The highest BCUT2D eigenvalue weighted by Gasteiger charge is 2.16. The average molecular weight is 243 g/mol. The van der Waals surface area contributed by atoms with Gasteiger partial charge in [-0.1, -0.05) is 0 Å². The number of halogens is 1. The summed E-state index contributed by atoms with van der Waals surface area (Å²) in [6, 6.07) is 5.04. The highest BCUT2D eigenvalue weighted by molar-refractivity contribution is 7.98. The van der Waals surface area contributed by atoms with Crippen molar-refractivity contribution in [1.29, 1.82) is 0 Å². The highest BCUT2D eigenvalue weighted by atomic mass is 32.2. The van der Waals surface area contributed by atoms with Crippen molar-refractivity contribution < 1.29 is 14.3 Å². The third kappa shape index (κ3) is 4.10. The molecule has 0 aromatic heterocycles. The van der Waals surface area contributed by atoms with Gasteiger partial charge in [0.2, 0.25) is 0 Å². The van der Waals surface area contributed by atoms with Crippen molar-refractivity contribution >= 4 is 23.4 Å². The normalized spacial score (nSPS) is 12.1. The molecule has 3 nitrogen and oxygen atoms in total. The van der Waals surface area contributed by atoms with E-state index >= 15 is 0 Å². The van der Waals surface area contributed by atoms with Gasteiger partial charge >= 0.3 is 5.97 Å². The highest BCUT2D eigenvalue weighted by Crippen LogP contribution is 2.12. The first-order valence-corrected chi connectivity index (χ1v) is 6.26. The van der Waals surface area contributed by atoms with Gasteiger partial charge in [0.25, 0.3) is 0 Å². The Balaban J connectivity index is 2.60. The standard InChI is InChI=1S/C11H14FNO2S/c1-16-7-6-10(11(14)15)13-9-4-2-8(12)3-5-9/h2-5,10,13H,6-7H2,1H3,(H,14,15)/t10-/m0/s1. The van der Waals surface area contributed by atoms with Gasteiger partial charge in [-0.05, 0) is 42.7 Å². The van der Waals surface area contributed by atoms with Crippen LogP contribution in [0.5, 0.6) is 0 Å². The van der Waals surface area contributed by atoms with Crippen LogP contribution in [-0.2, 0) is 4.79 Å². The van der Waals surface area contributed by atoms with Gasteiger partial charge in [0, 0.05) is 5.69 Å². The van der Waals surface area contributed by atoms with Crippen molar-refractivity contribution in [1.82, 2.24) is 0 Å². The fourth-order valence-corrected chi connectivity index (χ4v) is 1.71. The van der Waals surface area contributed by atoms with Gasteiger partial charge in [0.05, 0.1) is 0 Å². The molecule has 0 amide bonds. The molecule has 0 aliphatic rings. The molecule has 1 aromatic carbocycles. The Morgan fingerprint density at radius 2 is 2.12 bits per heavy atom.